The van der Waals surface area contributed by atoms with Gasteiger partial charge in [-0.3, -0.25) is 4.79 Å². The molecule has 1 atom stereocenters. The molecule has 0 aliphatic carbocycles. The van der Waals surface area contributed by atoms with E-state index in [2.05, 4.69) is 11.8 Å². The molecule has 2 nitrogen and oxygen atoms in total. The van der Waals surface area contributed by atoms with E-state index in [0.717, 1.165) is 25.2 Å². The van der Waals surface area contributed by atoms with Gasteiger partial charge in [0.2, 0.25) is 0 Å². The maximum atomic E-state index is 12.3. The minimum absolute atomic E-state index is 0. The van der Waals surface area contributed by atoms with Crippen LogP contribution in [-0.4, -0.2) is 30.3 Å². The molecule has 1 aliphatic heterocycles. The van der Waals surface area contributed by atoms with E-state index in [-0.39, 0.29) is 24.1 Å². The van der Waals surface area contributed by atoms with Crippen LogP contribution in [0.25, 0.3) is 0 Å². The molecule has 0 aromatic heterocycles. The number of halogens is 1. The summed E-state index contributed by atoms with van der Waals surface area (Å²) in [6, 6.07) is 9.66. The van der Waals surface area contributed by atoms with Crippen molar-refractivity contribution in [1.82, 2.24) is 4.90 Å². The highest BCUT2D eigenvalue weighted by atomic mass is 35.5. The Morgan fingerprint density at radius 3 is 2.26 bits per heavy atom. The number of carbonyl (C=O) groups is 1. The lowest BCUT2D eigenvalue weighted by molar-refractivity contribution is 0.0895. The average molecular weight is 282 g/mol. The van der Waals surface area contributed by atoms with Gasteiger partial charge >= 0.3 is 0 Å². The summed E-state index contributed by atoms with van der Waals surface area (Å²) in [7, 11) is 0. The molecule has 1 saturated heterocycles. The van der Waals surface area contributed by atoms with E-state index in [0.29, 0.717) is 0 Å². The highest BCUT2D eigenvalue weighted by Crippen LogP contribution is 2.14. The third-order valence-electron chi connectivity index (χ3n) is 3.74. The average Bonchev–Trinajstić information content (AvgIpc) is 2.67. The lowest BCUT2D eigenvalue weighted by Crippen LogP contribution is -2.32. The highest BCUT2D eigenvalue weighted by Gasteiger charge is 2.19. The van der Waals surface area contributed by atoms with Gasteiger partial charge in [0.05, 0.1) is 0 Å². The quantitative estimate of drug-likeness (QED) is 0.783. The second kappa shape index (κ2) is 8.34. The fraction of sp³-hybridized carbons (Fsp3) is 0.562. The first-order valence-electron chi connectivity index (χ1n) is 7.09. The van der Waals surface area contributed by atoms with Gasteiger partial charge in [0.25, 0.3) is 0 Å². The lowest BCUT2D eigenvalue weighted by Gasteiger charge is -2.23. The normalized spacial score (nSPS) is 18.2. The van der Waals surface area contributed by atoms with Crippen LogP contribution in [0.2, 0.25) is 0 Å². The molecule has 1 aromatic carbocycles. The zero-order valence-electron chi connectivity index (χ0n) is 11.7. The topological polar surface area (TPSA) is 20.3 Å². The molecule has 0 bridgehead atoms. The van der Waals surface area contributed by atoms with Crippen molar-refractivity contribution in [2.45, 2.75) is 32.6 Å². The molecule has 1 unspecified atom stereocenters. The van der Waals surface area contributed by atoms with Gasteiger partial charge in [-0.25, -0.2) is 0 Å². The van der Waals surface area contributed by atoms with Crippen molar-refractivity contribution in [3.8, 4) is 0 Å². The van der Waals surface area contributed by atoms with Gasteiger partial charge in [-0.2, -0.15) is 0 Å². The minimum Gasteiger partial charge on any atom is -0.303 e. The van der Waals surface area contributed by atoms with Gasteiger partial charge in [0.1, 0.15) is 0 Å². The van der Waals surface area contributed by atoms with Crippen molar-refractivity contribution in [2.24, 2.45) is 5.92 Å². The molecule has 106 valence electrons. The number of hydrogen-bond acceptors (Lipinski definition) is 2. The molecule has 1 aliphatic rings. The third kappa shape index (κ3) is 4.96. The molecule has 0 amide bonds. The molecule has 1 fully saturated rings. The molecule has 0 radical (unpaired) electrons. The Balaban J connectivity index is 0.00000180. The Morgan fingerprint density at radius 2 is 1.68 bits per heavy atom. The van der Waals surface area contributed by atoms with Gasteiger partial charge in [-0.1, -0.05) is 50.1 Å². The van der Waals surface area contributed by atoms with E-state index in [9.17, 15) is 4.79 Å². The minimum atomic E-state index is 0. The molecule has 0 spiro atoms. The first kappa shape index (κ1) is 16.2. The standard InChI is InChI=1S/C16H23NO.ClH/c1-14(13-17-11-7-2-3-8-12-17)16(18)15-9-5-4-6-10-15;/h4-6,9-10,14H,2-3,7-8,11-13H2,1H3;1H. The number of likely N-dealkylation sites (tertiary alicyclic amines) is 1. The van der Waals surface area contributed by atoms with E-state index in [4.69, 9.17) is 0 Å². The molecular weight excluding hydrogens is 258 g/mol. The van der Waals surface area contributed by atoms with E-state index < -0.39 is 0 Å². The van der Waals surface area contributed by atoms with Crippen LogP contribution in [0.1, 0.15) is 43.0 Å². The Kier molecular flexibility index (Phi) is 7.11. The van der Waals surface area contributed by atoms with Gasteiger partial charge in [-0.15, -0.1) is 12.4 Å². The molecule has 2 rings (SSSR count). The molecular formula is C16H24ClNO. The number of Topliss-reactive ketones (excluding diaryl/α,β-unsaturated/α-hetero) is 1. The van der Waals surface area contributed by atoms with E-state index in [1.807, 2.05) is 30.3 Å². The Bertz CT molecular complexity index is 372. The first-order chi connectivity index (χ1) is 8.77. The maximum absolute atomic E-state index is 12.3. The van der Waals surface area contributed by atoms with Crippen LogP contribution in [0, 0.1) is 5.92 Å². The molecule has 0 saturated carbocycles. The number of ketones is 1. The monoisotopic (exact) mass is 281 g/mol. The molecule has 1 aromatic rings. The van der Waals surface area contributed by atoms with E-state index in [1.54, 1.807) is 0 Å². The third-order valence-corrected chi connectivity index (χ3v) is 3.74. The Morgan fingerprint density at radius 1 is 1.11 bits per heavy atom. The van der Waals surface area contributed by atoms with E-state index in [1.165, 1.54) is 25.7 Å². The number of carbonyl (C=O) groups excluding carboxylic acids is 1. The predicted molar refractivity (Wildman–Crippen MR) is 82.1 cm³/mol. The summed E-state index contributed by atoms with van der Waals surface area (Å²) < 4.78 is 0. The van der Waals surface area contributed by atoms with Crippen molar-refractivity contribution in [3.63, 3.8) is 0 Å². The van der Waals surface area contributed by atoms with Crippen LogP contribution < -0.4 is 0 Å². The van der Waals surface area contributed by atoms with Crippen LogP contribution in [0.15, 0.2) is 30.3 Å². The van der Waals surface area contributed by atoms with Gasteiger partial charge in [0, 0.05) is 18.0 Å². The second-order valence-corrected chi connectivity index (χ2v) is 5.35. The second-order valence-electron chi connectivity index (χ2n) is 5.35. The van der Waals surface area contributed by atoms with Gasteiger partial charge in [-0.05, 0) is 25.9 Å². The summed E-state index contributed by atoms with van der Waals surface area (Å²) in [5.74, 6) is 0.380. The van der Waals surface area contributed by atoms with Crippen molar-refractivity contribution < 1.29 is 4.79 Å². The molecule has 1 heterocycles. The van der Waals surface area contributed by atoms with Crippen LogP contribution in [0.4, 0.5) is 0 Å². The van der Waals surface area contributed by atoms with Crippen LogP contribution in [0.3, 0.4) is 0 Å². The van der Waals surface area contributed by atoms with Gasteiger partial charge in [0.15, 0.2) is 5.78 Å². The molecule has 19 heavy (non-hydrogen) atoms. The summed E-state index contributed by atoms with van der Waals surface area (Å²) in [4.78, 5) is 14.7. The molecule has 3 heteroatoms. The summed E-state index contributed by atoms with van der Waals surface area (Å²) in [6.45, 7) is 5.28. The largest absolute Gasteiger partial charge is 0.303 e. The zero-order chi connectivity index (χ0) is 12.8. The van der Waals surface area contributed by atoms with Crippen molar-refractivity contribution >= 4 is 18.2 Å². The summed E-state index contributed by atoms with van der Waals surface area (Å²) >= 11 is 0. The van der Waals surface area contributed by atoms with Crippen LogP contribution in [0.5, 0.6) is 0 Å². The van der Waals surface area contributed by atoms with Crippen molar-refractivity contribution in [2.75, 3.05) is 19.6 Å². The SMILES string of the molecule is CC(CN1CCCCCC1)C(=O)c1ccccc1.Cl. The van der Waals surface area contributed by atoms with Crippen molar-refractivity contribution in [3.05, 3.63) is 35.9 Å². The Hall–Kier alpha value is -0.860. The predicted octanol–water partition coefficient (Wildman–Crippen LogP) is 3.80. The fourth-order valence-electron chi connectivity index (χ4n) is 2.68. The van der Waals surface area contributed by atoms with E-state index >= 15 is 0 Å². The molecule has 0 N–H and O–H groups in total. The Labute approximate surface area is 122 Å². The fourth-order valence-corrected chi connectivity index (χ4v) is 2.68. The smallest absolute Gasteiger partial charge is 0.166 e. The van der Waals surface area contributed by atoms with Crippen LogP contribution >= 0.6 is 12.4 Å². The number of rotatable bonds is 4. The number of nitrogens with zero attached hydrogens (tertiary/aromatic N) is 1. The van der Waals surface area contributed by atoms with Crippen LogP contribution in [-0.2, 0) is 0 Å². The van der Waals surface area contributed by atoms with Gasteiger partial charge < -0.3 is 4.90 Å². The summed E-state index contributed by atoms with van der Waals surface area (Å²) in [5.41, 5.74) is 0.847. The first-order valence-corrected chi connectivity index (χ1v) is 7.09. The zero-order valence-corrected chi connectivity index (χ0v) is 12.5. The lowest BCUT2D eigenvalue weighted by atomic mass is 9.99. The van der Waals surface area contributed by atoms with Crippen molar-refractivity contribution in [1.29, 1.82) is 0 Å². The highest BCUT2D eigenvalue weighted by molar-refractivity contribution is 5.97. The maximum Gasteiger partial charge on any atom is 0.166 e. The summed E-state index contributed by atoms with van der Waals surface area (Å²) in [6.07, 6.45) is 5.26. The number of hydrogen-bond donors (Lipinski definition) is 0. The number of benzene rings is 1. The summed E-state index contributed by atoms with van der Waals surface area (Å²) in [5, 5.41) is 0.